The van der Waals surface area contributed by atoms with Gasteiger partial charge in [-0.1, -0.05) is 23.8 Å². The van der Waals surface area contributed by atoms with Gasteiger partial charge in [-0.2, -0.15) is 0 Å². The number of pyridine rings is 1. The number of sulfonamides is 1. The van der Waals surface area contributed by atoms with Crippen LogP contribution in [0.5, 0.6) is 0 Å². The summed E-state index contributed by atoms with van der Waals surface area (Å²) in [6, 6.07) is 17.0. The van der Waals surface area contributed by atoms with Crippen LogP contribution in [0.2, 0.25) is 0 Å². The molecule has 126 valence electrons. The Labute approximate surface area is 145 Å². The molecule has 6 heteroatoms. The fraction of sp³-hybridized carbons (Fsp3) is 0.105. The third-order valence-electron chi connectivity index (χ3n) is 4.37. The average Bonchev–Trinajstić information content (AvgIpc) is 2.88. The lowest BCUT2D eigenvalue weighted by molar-refractivity contribution is 0.597. The van der Waals surface area contributed by atoms with Gasteiger partial charge >= 0.3 is 0 Å². The number of nitrogens with zero attached hydrogens (tertiary/aromatic N) is 2. The van der Waals surface area contributed by atoms with E-state index in [2.05, 4.69) is 40.7 Å². The number of nitrogens with two attached hydrogens (primary N) is 1. The van der Waals surface area contributed by atoms with Gasteiger partial charge in [0.05, 0.1) is 21.4 Å². The Kier molecular flexibility index (Phi) is 3.59. The molecule has 0 radical (unpaired) electrons. The highest BCUT2D eigenvalue weighted by Crippen LogP contribution is 2.29. The van der Waals surface area contributed by atoms with E-state index in [1.54, 1.807) is 30.5 Å². The molecular weight excluding hydrogens is 334 g/mol. The number of hydrogen-bond donors (Lipinski definition) is 1. The van der Waals surface area contributed by atoms with Gasteiger partial charge in [0, 0.05) is 18.1 Å². The van der Waals surface area contributed by atoms with Crippen LogP contribution in [0.25, 0.3) is 21.9 Å². The van der Waals surface area contributed by atoms with Crippen LogP contribution in [0, 0.1) is 6.92 Å². The third kappa shape index (κ3) is 2.79. The molecule has 0 spiro atoms. The minimum absolute atomic E-state index is 0.121. The second kappa shape index (κ2) is 5.68. The van der Waals surface area contributed by atoms with Crippen LogP contribution in [0.1, 0.15) is 11.1 Å². The van der Waals surface area contributed by atoms with Crippen molar-refractivity contribution in [2.45, 2.75) is 18.4 Å². The third-order valence-corrected chi connectivity index (χ3v) is 5.30. The molecule has 0 fully saturated rings. The molecule has 2 heterocycles. The maximum atomic E-state index is 11.4. The highest BCUT2D eigenvalue weighted by Gasteiger charge is 2.12. The SMILES string of the molecule is Cc1ccc2c(c1)c1ncccc1n2Cc1ccc(S(N)(=O)=O)cc1. The highest BCUT2D eigenvalue weighted by molar-refractivity contribution is 7.89. The summed E-state index contributed by atoms with van der Waals surface area (Å²) in [5, 5.41) is 6.29. The van der Waals surface area contributed by atoms with E-state index in [9.17, 15) is 8.42 Å². The molecule has 0 atom stereocenters. The summed E-state index contributed by atoms with van der Waals surface area (Å²) >= 11 is 0. The molecule has 0 aliphatic heterocycles. The predicted molar refractivity (Wildman–Crippen MR) is 98.9 cm³/mol. The van der Waals surface area contributed by atoms with Crippen molar-refractivity contribution in [1.82, 2.24) is 9.55 Å². The van der Waals surface area contributed by atoms with Crippen LogP contribution in [0.4, 0.5) is 0 Å². The first-order chi connectivity index (χ1) is 11.9. The van der Waals surface area contributed by atoms with Gasteiger partial charge in [0.2, 0.25) is 10.0 Å². The quantitative estimate of drug-likeness (QED) is 0.616. The molecule has 4 aromatic rings. The zero-order valence-corrected chi connectivity index (χ0v) is 14.5. The second-order valence-corrected chi connectivity index (χ2v) is 7.73. The Morgan fingerprint density at radius 2 is 1.80 bits per heavy atom. The van der Waals surface area contributed by atoms with Gasteiger partial charge in [-0.25, -0.2) is 13.6 Å². The Hall–Kier alpha value is -2.70. The fourth-order valence-electron chi connectivity index (χ4n) is 3.16. The minimum atomic E-state index is -3.67. The van der Waals surface area contributed by atoms with Crippen LogP contribution >= 0.6 is 0 Å². The summed E-state index contributed by atoms with van der Waals surface area (Å²) in [6.45, 7) is 2.69. The molecule has 4 rings (SSSR count). The minimum Gasteiger partial charge on any atom is -0.335 e. The maximum absolute atomic E-state index is 11.4. The van der Waals surface area contributed by atoms with E-state index in [1.165, 1.54) is 5.56 Å². The molecule has 5 nitrogen and oxygen atoms in total. The van der Waals surface area contributed by atoms with E-state index < -0.39 is 10.0 Å². The van der Waals surface area contributed by atoms with Crippen molar-refractivity contribution in [3.8, 4) is 0 Å². The summed E-state index contributed by atoms with van der Waals surface area (Å²) in [6.07, 6.45) is 1.80. The molecule has 0 saturated heterocycles. The smallest absolute Gasteiger partial charge is 0.238 e. The molecule has 0 aliphatic rings. The van der Waals surface area contributed by atoms with Crippen LogP contribution in [0.3, 0.4) is 0 Å². The van der Waals surface area contributed by atoms with Gasteiger partial charge in [0.25, 0.3) is 0 Å². The first kappa shape index (κ1) is 15.8. The van der Waals surface area contributed by atoms with Crippen molar-refractivity contribution in [3.63, 3.8) is 0 Å². The van der Waals surface area contributed by atoms with E-state index in [1.807, 2.05) is 6.07 Å². The second-order valence-electron chi connectivity index (χ2n) is 6.17. The van der Waals surface area contributed by atoms with Crippen LogP contribution in [0.15, 0.2) is 65.7 Å². The molecule has 0 amide bonds. The number of aromatic nitrogens is 2. The van der Waals surface area contributed by atoms with Crippen molar-refractivity contribution < 1.29 is 8.42 Å². The van der Waals surface area contributed by atoms with Crippen LogP contribution in [-0.2, 0) is 16.6 Å². The van der Waals surface area contributed by atoms with E-state index in [-0.39, 0.29) is 4.90 Å². The summed E-state index contributed by atoms with van der Waals surface area (Å²) in [5.74, 6) is 0. The number of benzene rings is 2. The molecule has 0 unspecified atom stereocenters. The van der Waals surface area contributed by atoms with Crippen molar-refractivity contribution in [2.24, 2.45) is 5.14 Å². The monoisotopic (exact) mass is 351 g/mol. The summed E-state index contributed by atoms with van der Waals surface area (Å²) in [4.78, 5) is 4.66. The molecule has 25 heavy (non-hydrogen) atoms. The molecular formula is C19H17N3O2S. The summed E-state index contributed by atoms with van der Waals surface area (Å²) < 4.78 is 25.0. The van der Waals surface area contributed by atoms with Gasteiger partial charge < -0.3 is 4.57 Å². The standard InChI is InChI=1S/C19H17N3O2S/c1-13-4-9-17-16(11-13)19-18(3-2-10-21-19)22(17)12-14-5-7-15(8-6-14)25(20,23)24/h2-11H,12H2,1H3,(H2,20,23,24). The largest absolute Gasteiger partial charge is 0.335 e. The van der Waals surface area contributed by atoms with Crippen molar-refractivity contribution >= 4 is 32.0 Å². The van der Waals surface area contributed by atoms with Gasteiger partial charge in [0.15, 0.2) is 0 Å². The number of primary sulfonamides is 1. The summed E-state index contributed by atoms with van der Waals surface area (Å²) in [7, 11) is -3.67. The van der Waals surface area contributed by atoms with Crippen molar-refractivity contribution in [1.29, 1.82) is 0 Å². The van der Waals surface area contributed by atoms with Crippen LogP contribution in [-0.4, -0.2) is 18.0 Å². The topological polar surface area (TPSA) is 78.0 Å². The van der Waals surface area contributed by atoms with E-state index in [4.69, 9.17) is 5.14 Å². The van der Waals surface area contributed by atoms with E-state index >= 15 is 0 Å². The number of rotatable bonds is 3. The van der Waals surface area contributed by atoms with Crippen molar-refractivity contribution in [3.05, 3.63) is 71.9 Å². The molecule has 2 aromatic heterocycles. The van der Waals surface area contributed by atoms with Gasteiger partial charge in [-0.05, 0) is 48.9 Å². The summed E-state index contributed by atoms with van der Waals surface area (Å²) in [5.41, 5.74) is 5.32. The molecule has 2 N–H and O–H groups in total. The average molecular weight is 351 g/mol. The van der Waals surface area contributed by atoms with Gasteiger partial charge in [-0.15, -0.1) is 0 Å². The maximum Gasteiger partial charge on any atom is 0.238 e. The molecule has 0 saturated carbocycles. The Morgan fingerprint density at radius 1 is 1.04 bits per heavy atom. The molecule has 2 aromatic carbocycles. The Bertz CT molecular complexity index is 1190. The lowest BCUT2D eigenvalue weighted by Crippen LogP contribution is -2.12. The lowest BCUT2D eigenvalue weighted by atomic mass is 10.1. The highest BCUT2D eigenvalue weighted by atomic mass is 32.2. The normalized spacial score (nSPS) is 12.1. The predicted octanol–water partition coefficient (Wildman–Crippen LogP) is 3.19. The van der Waals surface area contributed by atoms with E-state index in [0.29, 0.717) is 6.54 Å². The zero-order chi connectivity index (χ0) is 17.6. The lowest BCUT2D eigenvalue weighted by Gasteiger charge is -2.08. The number of fused-ring (bicyclic) bond motifs is 3. The Balaban J connectivity index is 1.86. The number of aryl methyl sites for hydroxylation is 1. The fourth-order valence-corrected chi connectivity index (χ4v) is 3.68. The van der Waals surface area contributed by atoms with E-state index in [0.717, 1.165) is 27.5 Å². The van der Waals surface area contributed by atoms with Crippen molar-refractivity contribution in [2.75, 3.05) is 0 Å². The van der Waals surface area contributed by atoms with Gasteiger partial charge in [-0.3, -0.25) is 4.98 Å². The molecule has 0 bridgehead atoms. The number of hydrogen-bond acceptors (Lipinski definition) is 3. The zero-order valence-electron chi connectivity index (χ0n) is 13.7. The molecule has 0 aliphatic carbocycles. The van der Waals surface area contributed by atoms with Gasteiger partial charge in [0.1, 0.15) is 0 Å². The first-order valence-electron chi connectivity index (χ1n) is 7.89. The first-order valence-corrected chi connectivity index (χ1v) is 9.43. The Morgan fingerprint density at radius 3 is 2.52 bits per heavy atom. The van der Waals surface area contributed by atoms with Crippen LogP contribution < -0.4 is 5.14 Å².